The molecule has 3 N–H and O–H groups in total. The molecule has 0 radical (unpaired) electrons. The summed E-state index contributed by atoms with van der Waals surface area (Å²) < 4.78 is 40.3. The van der Waals surface area contributed by atoms with Crippen molar-refractivity contribution in [3.63, 3.8) is 0 Å². The molecule has 2 rings (SSSR count). The van der Waals surface area contributed by atoms with Crippen LogP contribution >= 0.6 is 0 Å². The standard InChI is InChI=1S/C12H12F3N3O/c1-2-3-9-11(16)12(19)18(17-9)10-5-7(14)6(13)4-8(10)15/h4-5,17H,2-3,16H2,1H3. The van der Waals surface area contributed by atoms with Gasteiger partial charge in [0, 0.05) is 12.1 Å². The second kappa shape index (κ2) is 4.83. The maximum absolute atomic E-state index is 13.6. The summed E-state index contributed by atoms with van der Waals surface area (Å²) in [5, 5.41) is 2.60. The fourth-order valence-corrected chi connectivity index (χ4v) is 1.79. The Hall–Kier alpha value is -2.18. The number of H-pyrrole nitrogens is 1. The summed E-state index contributed by atoms with van der Waals surface area (Å²) in [6.45, 7) is 1.88. The number of nitrogens with one attached hydrogen (secondary N) is 1. The molecule has 1 heterocycles. The van der Waals surface area contributed by atoms with Crippen molar-refractivity contribution in [3.05, 3.63) is 45.6 Å². The Balaban J connectivity index is 2.63. The van der Waals surface area contributed by atoms with E-state index in [4.69, 9.17) is 5.73 Å². The SMILES string of the molecule is CCCc1[nH]n(-c2cc(F)c(F)cc2F)c(=O)c1N. The van der Waals surface area contributed by atoms with Gasteiger partial charge in [0.25, 0.3) is 5.56 Å². The molecule has 7 heteroatoms. The van der Waals surface area contributed by atoms with Gasteiger partial charge in [-0.25, -0.2) is 17.9 Å². The van der Waals surface area contributed by atoms with Crippen LogP contribution in [0.3, 0.4) is 0 Å². The van der Waals surface area contributed by atoms with Gasteiger partial charge >= 0.3 is 0 Å². The normalized spacial score (nSPS) is 10.9. The molecule has 4 nitrogen and oxygen atoms in total. The number of nitrogens with two attached hydrogens (primary N) is 1. The summed E-state index contributed by atoms with van der Waals surface area (Å²) in [6, 6.07) is 0.991. The van der Waals surface area contributed by atoms with Gasteiger partial charge in [-0.15, -0.1) is 0 Å². The summed E-state index contributed by atoms with van der Waals surface area (Å²) in [7, 11) is 0. The lowest BCUT2D eigenvalue weighted by molar-refractivity contribution is 0.491. The number of hydrogen-bond donors (Lipinski definition) is 2. The smallest absolute Gasteiger partial charge is 0.294 e. The average Bonchev–Trinajstić information content (AvgIpc) is 2.63. The van der Waals surface area contributed by atoms with Crippen LogP contribution in [-0.4, -0.2) is 9.78 Å². The Labute approximate surface area is 106 Å². The van der Waals surface area contributed by atoms with E-state index in [0.29, 0.717) is 24.2 Å². The zero-order chi connectivity index (χ0) is 14.2. The number of halogens is 3. The number of benzene rings is 1. The van der Waals surface area contributed by atoms with Gasteiger partial charge in [0.05, 0.1) is 5.69 Å². The van der Waals surface area contributed by atoms with Gasteiger partial charge in [0.2, 0.25) is 0 Å². The van der Waals surface area contributed by atoms with E-state index in [2.05, 4.69) is 5.10 Å². The Morgan fingerprint density at radius 3 is 2.47 bits per heavy atom. The minimum absolute atomic E-state index is 0.0500. The number of nitrogens with zero attached hydrogens (tertiary/aromatic N) is 1. The van der Waals surface area contributed by atoms with Crippen molar-refractivity contribution in [1.82, 2.24) is 9.78 Å². The van der Waals surface area contributed by atoms with Crippen LogP contribution in [0.1, 0.15) is 19.0 Å². The highest BCUT2D eigenvalue weighted by molar-refractivity contribution is 5.45. The molecule has 0 unspecified atom stereocenters. The first-order valence-electron chi connectivity index (χ1n) is 5.70. The van der Waals surface area contributed by atoms with Crippen molar-refractivity contribution >= 4 is 5.69 Å². The summed E-state index contributed by atoms with van der Waals surface area (Å²) in [5.41, 5.74) is 4.89. The third kappa shape index (κ3) is 2.23. The molecule has 0 aliphatic carbocycles. The highest BCUT2D eigenvalue weighted by Crippen LogP contribution is 2.17. The lowest BCUT2D eigenvalue weighted by Crippen LogP contribution is -2.18. The Kier molecular flexibility index (Phi) is 3.37. The monoisotopic (exact) mass is 271 g/mol. The first kappa shape index (κ1) is 13.3. The molecule has 2 aromatic rings. The molecule has 0 aliphatic rings. The van der Waals surface area contributed by atoms with E-state index < -0.39 is 28.7 Å². The quantitative estimate of drug-likeness (QED) is 0.840. The Morgan fingerprint density at radius 2 is 1.84 bits per heavy atom. The highest BCUT2D eigenvalue weighted by Gasteiger charge is 2.17. The summed E-state index contributed by atoms with van der Waals surface area (Å²) >= 11 is 0. The third-order valence-electron chi connectivity index (χ3n) is 2.74. The molecule has 0 saturated heterocycles. The molecule has 19 heavy (non-hydrogen) atoms. The van der Waals surface area contributed by atoms with Crippen molar-refractivity contribution in [3.8, 4) is 5.69 Å². The summed E-state index contributed by atoms with van der Waals surface area (Å²) in [5.74, 6) is -3.61. The van der Waals surface area contributed by atoms with E-state index >= 15 is 0 Å². The van der Waals surface area contributed by atoms with Gasteiger partial charge in [0.1, 0.15) is 11.4 Å². The van der Waals surface area contributed by atoms with E-state index in [1.54, 1.807) is 0 Å². The van der Waals surface area contributed by atoms with E-state index in [1.165, 1.54) is 0 Å². The Bertz CT molecular complexity index is 676. The molecule has 0 amide bonds. The number of anilines is 1. The number of aromatic nitrogens is 2. The van der Waals surface area contributed by atoms with Crippen LogP contribution < -0.4 is 11.3 Å². The van der Waals surface area contributed by atoms with Crippen LogP contribution in [0.4, 0.5) is 18.9 Å². The second-order valence-electron chi connectivity index (χ2n) is 4.11. The van der Waals surface area contributed by atoms with Crippen molar-refractivity contribution in [2.75, 3.05) is 5.73 Å². The number of aromatic amines is 1. The van der Waals surface area contributed by atoms with E-state index in [1.807, 2.05) is 6.92 Å². The lowest BCUT2D eigenvalue weighted by atomic mass is 10.2. The van der Waals surface area contributed by atoms with Crippen molar-refractivity contribution in [2.24, 2.45) is 0 Å². The molecule has 102 valence electrons. The van der Waals surface area contributed by atoms with Gasteiger partial charge in [-0.1, -0.05) is 13.3 Å². The summed E-state index contributed by atoms with van der Waals surface area (Å²) in [6.07, 6.45) is 1.23. The van der Waals surface area contributed by atoms with Crippen LogP contribution in [0.15, 0.2) is 16.9 Å². The molecular formula is C12H12F3N3O. The lowest BCUT2D eigenvalue weighted by Gasteiger charge is -2.04. The molecule has 0 atom stereocenters. The molecule has 0 fully saturated rings. The maximum atomic E-state index is 13.6. The molecule has 0 spiro atoms. The van der Waals surface area contributed by atoms with Crippen molar-refractivity contribution < 1.29 is 13.2 Å². The second-order valence-corrected chi connectivity index (χ2v) is 4.11. The number of hydrogen-bond acceptors (Lipinski definition) is 2. The van der Waals surface area contributed by atoms with Crippen LogP contribution in [0.25, 0.3) is 5.69 Å². The molecule has 1 aromatic carbocycles. The predicted octanol–water partition coefficient (Wildman–Crippen LogP) is 2.12. The fraction of sp³-hybridized carbons (Fsp3) is 0.250. The third-order valence-corrected chi connectivity index (χ3v) is 2.74. The predicted molar refractivity (Wildman–Crippen MR) is 64.7 cm³/mol. The summed E-state index contributed by atoms with van der Waals surface area (Å²) in [4.78, 5) is 11.8. The molecule has 0 saturated carbocycles. The fourth-order valence-electron chi connectivity index (χ4n) is 1.79. The van der Waals surface area contributed by atoms with Crippen LogP contribution in [0.2, 0.25) is 0 Å². The van der Waals surface area contributed by atoms with E-state index in [9.17, 15) is 18.0 Å². The van der Waals surface area contributed by atoms with Gasteiger partial charge in [-0.3, -0.25) is 9.89 Å². The highest BCUT2D eigenvalue weighted by atomic mass is 19.2. The average molecular weight is 271 g/mol. The van der Waals surface area contributed by atoms with Crippen LogP contribution in [0.5, 0.6) is 0 Å². The van der Waals surface area contributed by atoms with Gasteiger partial charge in [-0.05, 0) is 6.42 Å². The largest absolute Gasteiger partial charge is 0.393 e. The minimum Gasteiger partial charge on any atom is -0.393 e. The van der Waals surface area contributed by atoms with Crippen molar-refractivity contribution in [2.45, 2.75) is 19.8 Å². The number of aryl methyl sites for hydroxylation is 1. The molecule has 0 aliphatic heterocycles. The van der Waals surface area contributed by atoms with E-state index in [-0.39, 0.29) is 5.69 Å². The zero-order valence-electron chi connectivity index (χ0n) is 10.1. The maximum Gasteiger partial charge on any atom is 0.294 e. The van der Waals surface area contributed by atoms with E-state index in [0.717, 1.165) is 11.1 Å². The van der Waals surface area contributed by atoms with Gasteiger partial charge < -0.3 is 5.73 Å². The number of nitrogen functional groups attached to an aromatic ring is 1. The molecular weight excluding hydrogens is 259 g/mol. The topological polar surface area (TPSA) is 63.8 Å². The number of rotatable bonds is 3. The first-order chi connectivity index (χ1) is 8.95. The van der Waals surface area contributed by atoms with Crippen LogP contribution in [-0.2, 0) is 6.42 Å². The Morgan fingerprint density at radius 1 is 1.21 bits per heavy atom. The van der Waals surface area contributed by atoms with Crippen molar-refractivity contribution in [1.29, 1.82) is 0 Å². The first-order valence-corrected chi connectivity index (χ1v) is 5.70. The van der Waals surface area contributed by atoms with Gasteiger partial charge in [-0.2, -0.15) is 0 Å². The van der Waals surface area contributed by atoms with Crippen LogP contribution in [0, 0.1) is 17.5 Å². The minimum atomic E-state index is -1.32. The zero-order valence-corrected chi connectivity index (χ0v) is 10.1. The molecule has 0 bridgehead atoms. The van der Waals surface area contributed by atoms with Gasteiger partial charge in [0.15, 0.2) is 17.5 Å². The molecule has 1 aromatic heterocycles.